The summed E-state index contributed by atoms with van der Waals surface area (Å²) in [7, 11) is -3.75. The summed E-state index contributed by atoms with van der Waals surface area (Å²) in [5, 5.41) is 4.68. The van der Waals surface area contributed by atoms with Crippen LogP contribution in [0.3, 0.4) is 0 Å². The molecule has 0 saturated heterocycles. The molecule has 6 nitrogen and oxygen atoms in total. The van der Waals surface area contributed by atoms with Gasteiger partial charge in [0.15, 0.2) is 6.61 Å². The average molecular weight is 461 g/mol. The van der Waals surface area contributed by atoms with E-state index in [-0.39, 0.29) is 17.4 Å². The van der Waals surface area contributed by atoms with Crippen LogP contribution in [0.5, 0.6) is 5.75 Å². The quantitative estimate of drug-likeness (QED) is 0.393. The fourth-order valence-corrected chi connectivity index (χ4v) is 4.64. The molecule has 4 aromatic carbocycles. The lowest BCUT2D eigenvalue weighted by Crippen LogP contribution is -2.20. The molecule has 0 fully saturated rings. The first-order chi connectivity index (χ1) is 15.8. The second kappa shape index (κ2) is 9.34. The van der Waals surface area contributed by atoms with Crippen LogP contribution in [0, 0.1) is 13.8 Å². The third-order valence-corrected chi connectivity index (χ3v) is 6.56. The number of anilines is 2. The van der Waals surface area contributed by atoms with E-state index in [1.807, 2.05) is 68.4 Å². The number of rotatable bonds is 7. The molecule has 0 aliphatic carbocycles. The molecule has 0 aliphatic heterocycles. The maximum atomic E-state index is 12.7. The molecule has 0 unspecified atom stereocenters. The van der Waals surface area contributed by atoms with E-state index in [1.165, 1.54) is 12.1 Å². The van der Waals surface area contributed by atoms with Gasteiger partial charge in [-0.15, -0.1) is 0 Å². The van der Waals surface area contributed by atoms with Crippen molar-refractivity contribution in [2.45, 2.75) is 18.7 Å². The van der Waals surface area contributed by atoms with Crippen LogP contribution in [-0.2, 0) is 14.8 Å². The van der Waals surface area contributed by atoms with Crippen LogP contribution in [0.25, 0.3) is 10.8 Å². The number of amides is 1. The van der Waals surface area contributed by atoms with Gasteiger partial charge in [0.25, 0.3) is 15.9 Å². The van der Waals surface area contributed by atoms with E-state index in [2.05, 4.69) is 10.0 Å². The Morgan fingerprint density at radius 2 is 1.61 bits per heavy atom. The SMILES string of the molecule is Cc1ccc(NS(=O)(=O)c2ccc(NC(=O)COc3cccc4ccccc34)cc2)c(C)c1. The minimum absolute atomic E-state index is 0.104. The molecule has 4 aromatic rings. The van der Waals surface area contributed by atoms with Crippen molar-refractivity contribution in [2.75, 3.05) is 16.6 Å². The molecule has 1 amide bonds. The Kier molecular flexibility index (Phi) is 6.33. The maximum Gasteiger partial charge on any atom is 0.262 e. The van der Waals surface area contributed by atoms with Gasteiger partial charge in [-0.2, -0.15) is 0 Å². The van der Waals surface area contributed by atoms with E-state index in [0.717, 1.165) is 21.9 Å². The summed E-state index contributed by atoms with van der Waals surface area (Å²) in [4.78, 5) is 12.4. The van der Waals surface area contributed by atoms with Gasteiger partial charge in [-0.05, 0) is 61.2 Å². The normalized spacial score (nSPS) is 11.2. The van der Waals surface area contributed by atoms with Crippen molar-refractivity contribution in [3.8, 4) is 5.75 Å². The van der Waals surface area contributed by atoms with Crippen molar-refractivity contribution >= 4 is 38.1 Å². The number of hydrogen-bond donors (Lipinski definition) is 2. The van der Waals surface area contributed by atoms with E-state index >= 15 is 0 Å². The number of ether oxygens (including phenoxy) is 1. The Hall–Kier alpha value is -3.84. The molecule has 0 aromatic heterocycles. The van der Waals surface area contributed by atoms with Crippen molar-refractivity contribution < 1.29 is 17.9 Å². The number of sulfonamides is 1. The van der Waals surface area contributed by atoms with Crippen LogP contribution in [0.15, 0.2) is 89.8 Å². The molecule has 0 heterocycles. The monoisotopic (exact) mass is 460 g/mol. The highest BCUT2D eigenvalue weighted by atomic mass is 32.2. The fourth-order valence-electron chi connectivity index (χ4n) is 3.51. The number of nitrogens with one attached hydrogen (secondary N) is 2. The van der Waals surface area contributed by atoms with Crippen LogP contribution in [0.1, 0.15) is 11.1 Å². The summed E-state index contributed by atoms with van der Waals surface area (Å²) in [5.41, 5.74) is 2.91. The Balaban J connectivity index is 1.39. The maximum absolute atomic E-state index is 12.7. The predicted octanol–water partition coefficient (Wildman–Crippen LogP) is 5.27. The molecule has 33 heavy (non-hydrogen) atoms. The molecule has 0 saturated carbocycles. The zero-order chi connectivity index (χ0) is 23.4. The molecule has 0 radical (unpaired) electrons. The van der Waals surface area contributed by atoms with Crippen molar-refractivity contribution in [3.63, 3.8) is 0 Å². The van der Waals surface area contributed by atoms with E-state index in [4.69, 9.17) is 4.74 Å². The van der Waals surface area contributed by atoms with Gasteiger partial charge < -0.3 is 10.1 Å². The molecule has 4 rings (SSSR count). The van der Waals surface area contributed by atoms with Crippen molar-refractivity contribution in [2.24, 2.45) is 0 Å². The van der Waals surface area contributed by atoms with E-state index in [0.29, 0.717) is 17.1 Å². The Morgan fingerprint density at radius 3 is 2.36 bits per heavy atom. The first-order valence-electron chi connectivity index (χ1n) is 10.4. The summed E-state index contributed by atoms with van der Waals surface area (Å²) in [6.07, 6.45) is 0. The number of hydrogen-bond acceptors (Lipinski definition) is 4. The first-order valence-corrected chi connectivity index (χ1v) is 11.9. The topological polar surface area (TPSA) is 84.5 Å². The molecular formula is C26H24N2O4S. The predicted molar refractivity (Wildman–Crippen MR) is 131 cm³/mol. The van der Waals surface area contributed by atoms with Gasteiger partial charge in [0, 0.05) is 11.1 Å². The van der Waals surface area contributed by atoms with Crippen LogP contribution in [0.2, 0.25) is 0 Å². The van der Waals surface area contributed by atoms with E-state index in [1.54, 1.807) is 18.2 Å². The number of benzene rings is 4. The smallest absolute Gasteiger partial charge is 0.262 e. The van der Waals surface area contributed by atoms with Crippen LogP contribution in [0.4, 0.5) is 11.4 Å². The summed E-state index contributed by atoms with van der Waals surface area (Å²) < 4.78 is 33.7. The van der Waals surface area contributed by atoms with Gasteiger partial charge in [0.1, 0.15) is 5.75 Å². The van der Waals surface area contributed by atoms with E-state index in [9.17, 15) is 13.2 Å². The lowest BCUT2D eigenvalue weighted by atomic mass is 10.1. The van der Waals surface area contributed by atoms with Gasteiger partial charge in [-0.1, -0.05) is 54.1 Å². The van der Waals surface area contributed by atoms with Crippen LogP contribution < -0.4 is 14.8 Å². The zero-order valence-electron chi connectivity index (χ0n) is 18.3. The summed E-state index contributed by atoms with van der Waals surface area (Å²) >= 11 is 0. The van der Waals surface area contributed by atoms with Gasteiger partial charge in [-0.25, -0.2) is 8.42 Å². The summed E-state index contributed by atoms with van der Waals surface area (Å²) in [6, 6.07) is 25.0. The lowest BCUT2D eigenvalue weighted by Gasteiger charge is -2.12. The largest absolute Gasteiger partial charge is 0.483 e. The van der Waals surface area contributed by atoms with Gasteiger partial charge >= 0.3 is 0 Å². The molecule has 0 aliphatic rings. The third kappa shape index (κ3) is 5.32. The molecule has 0 bridgehead atoms. The molecule has 0 spiro atoms. The zero-order valence-corrected chi connectivity index (χ0v) is 19.1. The molecule has 0 atom stereocenters. The first kappa shape index (κ1) is 22.4. The third-order valence-electron chi connectivity index (χ3n) is 5.18. The van der Waals surface area contributed by atoms with Gasteiger partial charge in [-0.3, -0.25) is 9.52 Å². The lowest BCUT2D eigenvalue weighted by molar-refractivity contribution is -0.118. The summed E-state index contributed by atoms with van der Waals surface area (Å²) in [5.74, 6) is 0.286. The summed E-state index contributed by atoms with van der Waals surface area (Å²) in [6.45, 7) is 3.64. The molecule has 2 N–H and O–H groups in total. The standard InChI is InChI=1S/C26H24N2O4S/c1-18-10-15-24(19(2)16-18)28-33(30,31)22-13-11-21(12-14-22)27-26(29)17-32-25-9-5-7-20-6-3-4-8-23(20)25/h3-16,28H,17H2,1-2H3,(H,27,29). The van der Waals surface area contributed by atoms with Crippen LogP contribution in [-0.4, -0.2) is 20.9 Å². The Bertz CT molecular complexity index is 1410. The number of carbonyl (C=O) groups excluding carboxylic acids is 1. The highest BCUT2D eigenvalue weighted by Crippen LogP contribution is 2.25. The second-order valence-electron chi connectivity index (χ2n) is 7.76. The Morgan fingerprint density at radius 1 is 0.879 bits per heavy atom. The minimum atomic E-state index is -3.75. The molecular weight excluding hydrogens is 436 g/mol. The number of aryl methyl sites for hydroxylation is 2. The van der Waals surface area contributed by atoms with Crippen molar-refractivity contribution in [1.29, 1.82) is 0 Å². The second-order valence-corrected chi connectivity index (χ2v) is 9.44. The van der Waals surface area contributed by atoms with Crippen LogP contribution >= 0.6 is 0 Å². The minimum Gasteiger partial charge on any atom is -0.483 e. The van der Waals surface area contributed by atoms with Crippen molar-refractivity contribution in [1.82, 2.24) is 0 Å². The number of carbonyl (C=O) groups is 1. The number of fused-ring (bicyclic) bond motifs is 1. The van der Waals surface area contributed by atoms with Gasteiger partial charge in [0.05, 0.1) is 10.6 Å². The highest BCUT2D eigenvalue weighted by Gasteiger charge is 2.15. The van der Waals surface area contributed by atoms with E-state index < -0.39 is 10.0 Å². The van der Waals surface area contributed by atoms with Gasteiger partial charge in [0.2, 0.25) is 0 Å². The Labute approximate surface area is 193 Å². The molecule has 7 heteroatoms. The van der Waals surface area contributed by atoms with Crippen molar-refractivity contribution in [3.05, 3.63) is 96.1 Å². The molecule has 168 valence electrons. The average Bonchev–Trinajstić information content (AvgIpc) is 2.80. The fraction of sp³-hybridized carbons (Fsp3) is 0.115. The highest BCUT2D eigenvalue weighted by molar-refractivity contribution is 7.92.